The van der Waals surface area contributed by atoms with Crippen LogP contribution < -0.4 is 19.7 Å². The molecule has 2 heterocycles. The summed E-state index contributed by atoms with van der Waals surface area (Å²) in [6, 6.07) is 5.21. The van der Waals surface area contributed by atoms with Crippen molar-refractivity contribution < 1.29 is 14.3 Å². The molecular formula is C18H23N5O3. The largest absolute Gasteiger partial charge is 0.497 e. The van der Waals surface area contributed by atoms with Crippen molar-refractivity contribution in [3.8, 4) is 11.5 Å². The first-order chi connectivity index (χ1) is 12.6. The van der Waals surface area contributed by atoms with E-state index in [1.54, 1.807) is 44.8 Å². The molecule has 1 aliphatic rings. The van der Waals surface area contributed by atoms with E-state index in [1.807, 2.05) is 0 Å². The number of rotatable bonds is 5. The lowest BCUT2D eigenvalue weighted by atomic mass is 10.2. The second-order valence-corrected chi connectivity index (χ2v) is 6.08. The normalized spacial score (nSPS) is 14.8. The molecule has 1 aromatic heterocycles. The van der Waals surface area contributed by atoms with Crippen molar-refractivity contribution in [2.45, 2.75) is 0 Å². The van der Waals surface area contributed by atoms with E-state index in [0.29, 0.717) is 28.7 Å². The first-order valence-corrected chi connectivity index (χ1v) is 8.39. The molecule has 1 N–H and O–H groups in total. The number of methoxy groups -OCH3 is 2. The van der Waals surface area contributed by atoms with E-state index in [2.05, 4.69) is 32.1 Å². The highest BCUT2D eigenvalue weighted by atomic mass is 16.5. The Balaban J connectivity index is 1.70. The number of carbonyl (C=O) groups is 1. The van der Waals surface area contributed by atoms with Crippen LogP contribution in [0.25, 0.3) is 0 Å². The van der Waals surface area contributed by atoms with Crippen molar-refractivity contribution in [1.82, 2.24) is 14.9 Å². The topological polar surface area (TPSA) is 79.8 Å². The summed E-state index contributed by atoms with van der Waals surface area (Å²) in [6.07, 6.45) is 3.09. The number of nitrogens with zero attached hydrogens (tertiary/aromatic N) is 4. The fraction of sp³-hybridized carbons (Fsp3) is 0.389. The third-order valence-corrected chi connectivity index (χ3v) is 4.34. The van der Waals surface area contributed by atoms with Crippen molar-refractivity contribution in [2.75, 3.05) is 57.7 Å². The molecule has 0 bridgehead atoms. The zero-order chi connectivity index (χ0) is 18.5. The molecule has 2 aromatic rings. The van der Waals surface area contributed by atoms with Gasteiger partial charge >= 0.3 is 0 Å². The minimum absolute atomic E-state index is 0.304. The molecule has 3 rings (SSSR count). The van der Waals surface area contributed by atoms with Gasteiger partial charge in [0.05, 0.1) is 25.5 Å². The summed E-state index contributed by atoms with van der Waals surface area (Å²) in [5.41, 5.74) is 0.910. The number of amides is 1. The van der Waals surface area contributed by atoms with Crippen LogP contribution in [0.5, 0.6) is 11.5 Å². The van der Waals surface area contributed by atoms with Gasteiger partial charge in [-0.2, -0.15) is 0 Å². The van der Waals surface area contributed by atoms with Gasteiger partial charge in [-0.15, -0.1) is 0 Å². The van der Waals surface area contributed by atoms with Crippen molar-refractivity contribution >= 4 is 17.5 Å². The third-order valence-electron chi connectivity index (χ3n) is 4.34. The van der Waals surface area contributed by atoms with Crippen LogP contribution in [0.1, 0.15) is 10.4 Å². The molecule has 0 radical (unpaired) electrons. The molecule has 0 spiro atoms. The lowest BCUT2D eigenvalue weighted by molar-refractivity contribution is 0.102. The zero-order valence-corrected chi connectivity index (χ0v) is 15.2. The van der Waals surface area contributed by atoms with Gasteiger partial charge in [0.1, 0.15) is 11.5 Å². The van der Waals surface area contributed by atoms with Crippen molar-refractivity contribution in [3.63, 3.8) is 0 Å². The highest BCUT2D eigenvalue weighted by molar-refractivity contribution is 6.04. The number of nitrogens with one attached hydrogen (secondary N) is 1. The minimum Gasteiger partial charge on any atom is -0.497 e. The zero-order valence-electron chi connectivity index (χ0n) is 15.2. The van der Waals surface area contributed by atoms with E-state index < -0.39 is 0 Å². The van der Waals surface area contributed by atoms with Gasteiger partial charge in [0.25, 0.3) is 5.91 Å². The summed E-state index contributed by atoms with van der Waals surface area (Å²) < 4.78 is 10.5. The predicted molar refractivity (Wildman–Crippen MR) is 99.2 cm³/mol. The number of hydrogen-bond acceptors (Lipinski definition) is 7. The van der Waals surface area contributed by atoms with E-state index in [1.165, 1.54) is 0 Å². The quantitative estimate of drug-likeness (QED) is 0.868. The Kier molecular flexibility index (Phi) is 5.52. The van der Waals surface area contributed by atoms with Crippen LogP contribution in [0.2, 0.25) is 0 Å². The molecule has 1 aromatic carbocycles. The standard InChI is InChI=1S/C18H23N5O3/c1-22-6-8-23(9-7-22)18-19-11-13(12-20-18)17(24)21-15-10-14(25-2)4-5-16(15)26-3/h4-5,10-12H,6-9H2,1-3H3,(H,21,24). The minimum atomic E-state index is -0.304. The number of piperazine rings is 1. The van der Waals surface area contributed by atoms with Crippen molar-refractivity contribution in [1.29, 1.82) is 0 Å². The van der Waals surface area contributed by atoms with Crippen LogP contribution in [0.3, 0.4) is 0 Å². The molecule has 1 aliphatic heterocycles. The molecule has 0 atom stereocenters. The Hall–Kier alpha value is -2.87. The van der Waals surface area contributed by atoms with E-state index in [-0.39, 0.29) is 5.91 Å². The van der Waals surface area contributed by atoms with Crippen LogP contribution in [0.15, 0.2) is 30.6 Å². The summed E-state index contributed by atoms with van der Waals surface area (Å²) in [6.45, 7) is 3.70. The maximum absolute atomic E-state index is 12.5. The molecule has 0 aliphatic carbocycles. The summed E-state index contributed by atoms with van der Waals surface area (Å²) in [5.74, 6) is 1.52. The lowest BCUT2D eigenvalue weighted by Crippen LogP contribution is -2.45. The lowest BCUT2D eigenvalue weighted by Gasteiger charge is -2.32. The monoisotopic (exact) mass is 357 g/mol. The number of hydrogen-bond donors (Lipinski definition) is 1. The molecule has 0 saturated carbocycles. The summed E-state index contributed by atoms with van der Waals surface area (Å²) in [4.78, 5) is 25.6. The van der Waals surface area contributed by atoms with Gasteiger partial charge in [-0.1, -0.05) is 0 Å². The highest BCUT2D eigenvalue weighted by Crippen LogP contribution is 2.29. The van der Waals surface area contributed by atoms with E-state index >= 15 is 0 Å². The van der Waals surface area contributed by atoms with Crippen LogP contribution in [0, 0.1) is 0 Å². The van der Waals surface area contributed by atoms with Gasteiger partial charge < -0.3 is 24.6 Å². The first-order valence-electron chi connectivity index (χ1n) is 8.39. The Morgan fingerprint density at radius 3 is 2.38 bits per heavy atom. The van der Waals surface area contributed by atoms with Crippen molar-refractivity contribution in [2.24, 2.45) is 0 Å². The molecule has 8 nitrogen and oxygen atoms in total. The molecule has 26 heavy (non-hydrogen) atoms. The molecule has 1 amide bonds. The molecule has 1 saturated heterocycles. The predicted octanol–water partition coefficient (Wildman–Crippen LogP) is 1.50. The molecular weight excluding hydrogens is 334 g/mol. The fourth-order valence-electron chi connectivity index (χ4n) is 2.71. The Morgan fingerprint density at radius 2 is 1.77 bits per heavy atom. The van der Waals surface area contributed by atoms with Gasteiger partial charge in [0.2, 0.25) is 5.95 Å². The molecule has 0 unspecified atom stereocenters. The summed E-state index contributed by atoms with van der Waals surface area (Å²) >= 11 is 0. The SMILES string of the molecule is COc1ccc(OC)c(NC(=O)c2cnc(N3CCN(C)CC3)nc2)c1. The van der Waals surface area contributed by atoms with Gasteiger partial charge in [-0.3, -0.25) is 4.79 Å². The van der Waals surface area contributed by atoms with Gasteiger partial charge in [-0.05, 0) is 19.2 Å². The molecule has 1 fully saturated rings. The van der Waals surface area contributed by atoms with Gasteiger partial charge in [-0.25, -0.2) is 9.97 Å². The second kappa shape index (κ2) is 8.01. The summed E-state index contributed by atoms with van der Waals surface area (Å²) in [7, 11) is 5.21. The average molecular weight is 357 g/mol. The summed E-state index contributed by atoms with van der Waals surface area (Å²) in [5, 5.41) is 2.81. The van der Waals surface area contributed by atoms with Crippen LogP contribution in [0.4, 0.5) is 11.6 Å². The number of benzene rings is 1. The average Bonchev–Trinajstić information content (AvgIpc) is 2.68. The fourth-order valence-corrected chi connectivity index (χ4v) is 2.71. The van der Waals surface area contributed by atoms with Crippen LogP contribution in [-0.4, -0.2) is 68.2 Å². The second-order valence-electron chi connectivity index (χ2n) is 6.08. The van der Waals surface area contributed by atoms with Crippen LogP contribution in [-0.2, 0) is 0 Å². The van der Waals surface area contributed by atoms with Crippen LogP contribution >= 0.6 is 0 Å². The number of anilines is 2. The van der Waals surface area contributed by atoms with E-state index in [4.69, 9.17) is 9.47 Å². The highest BCUT2D eigenvalue weighted by Gasteiger charge is 2.17. The van der Waals surface area contributed by atoms with Crippen molar-refractivity contribution in [3.05, 3.63) is 36.2 Å². The van der Waals surface area contributed by atoms with E-state index in [0.717, 1.165) is 26.2 Å². The molecule has 8 heteroatoms. The Morgan fingerprint density at radius 1 is 1.08 bits per heavy atom. The number of ether oxygens (including phenoxy) is 2. The van der Waals surface area contributed by atoms with Gasteiger partial charge in [0, 0.05) is 44.6 Å². The maximum atomic E-state index is 12.5. The smallest absolute Gasteiger partial charge is 0.258 e. The number of aromatic nitrogens is 2. The van der Waals surface area contributed by atoms with E-state index in [9.17, 15) is 4.79 Å². The number of likely N-dealkylation sites (N-methyl/N-ethyl adjacent to an activating group) is 1. The van der Waals surface area contributed by atoms with Gasteiger partial charge in [0.15, 0.2) is 0 Å². The Labute approximate surface area is 152 Å². The first kappa shape index (κ1) is 17.9. The maximum Gasteiger partial charge on any atom is 0.258 e. The number of carbonyl (C=O) groups excluding carboxylic acids is 1. The molecule has 138 valence electrons. The third kappa shape index (κ3) is 4.02. The Bertz CT molecular complexity index is 758.